The van der Waals surface area contributed by atoms with Gasteiger partial charge in [0.05, 0.1) is 5.25 Å². The zero-order valence-electron chi connectivity index (χ0n) is 11.7. The highest BCUT2D eigenvalue weighted by Crippen LogP contribution is 2.53. The molecule has 98 valence electrons. The molecule has 3 nitrogen and oxygen atoms in total. The maximum atomic E-state index is 11.3. The summed E-state index contributed by atoms with van der Waals surface area (Å²) >= 11 is 0. The predicted octanol–water partition coefficient (Wildman–Crippen LogP) is 3.36. The van der Waals surface area contributed by atoms with Crippen molar-refractivity contribution in [2.24, 2.45) is 16.2 Å². The normalized spacial score (nSPS) is 17.3. The Labute approximate surface area is 100 Å². The molecule has 0 radical (unpaired) electrons. The fourth-order valence-electron chi connectivity index (χ4n) is 1.85. The van der Waals surface area contributed by atoms with Crippen LogP contribution in [0.2, 0.25) is 0 Å². The van der Waals surface area contributed by atoms with Crippen LogP contribution in [0.15, 0.2) is 0 Å². The first-order chi connectivity index (χ1) is 6.65. The number of hydrogen-bond donors (Lipinski definition) is 1. The average molecular weight is 250 g/mol. The third-order valence-electron chi connectivity index (χ3n) is 4.95. The predicted molar refractivity (Wildman–Crippen MR) is 68.0 cm³/mol. The van der Waals surface area contributed by atoms with Gasteiger partial charge in [-0.1, -0.05) is 48.5 Å². The van der Waals surface area contributed by atoms with Gasteiger partial charge in [-0.15, -0.1) is 0 Å². The van der Waals surface area contributed by atoms with Crippen LogP contribution in [0.3, 0.4) is 0 Å². The molecule has 0 aliphatic heterocycles. The van der Waals surface area contributed by atoms with Gasteiger partial charge in [0.15, 0.2) is 0 Å². The summed E-state index contributed by atoms with van der Waals surface area (Å²) < 4.78 is 31.8. The van der Waals surface area contributed by atoms with Crippen molar-refractivity contribution in [2.75, 3.05) is 0 Å². The summed E-state index contributed by atoms with van der Waals surface area (Å²) in [6.45, 7) is 15.7. The van der Waals surface area contributed by atoms with Crippen molar-refractivity contribution in [3.8, 4) is 0 Å². The molecule has 0 saturated carbocycles. The molecular weight excluding hydrogens is 224 g/mol. The standard InChI is InChI=1S/C12H26O3S/c1-9(16(13,14)15)11(5,6)12(7,8)10(2,3)4/h9H,1-8H3,(H,13,14,15). The van der Waals surface area contributed by atoms with Gasteiger partial charge in [0.1, 0.15) is 0 Å². The monoisotopic (exact) mass is 250 g/mol. The summed E-state index contributed by atoms with van der Waals surface area (Å²) in [4.78, 5) is 0. The minimum absolute atomic E-state index is 0.0462. The molecule has 0 aliphatic carbocycles. The van der Waals surface area contributed by atoms with Crippen molar-refractivity contribution in [3.63, 3.8) is 0 Å². The lowest BCUT2D eigenvalue weighted by molar-refractivity contribution is -0.00873. The van der Waals surface area contributed by atoms with Crippen LogP contribution >= 0.6 is 0 Å². The van der Waals surface area contributed by atoms with Crippen molar-refractivity contribution in [1.82, 2.24) is 0 Å². The molecule has 16 heavy (non-hydrogen) atoms. The van der Waals surface area contributed by atoms with E-state index < -0.39 is 20.8 Å². The van der Waals surface area contributed by atoms with Crippen LogP contribution < -0.4 is 0 Å². The molecule has 0 spiro atoms. The third-order valence-corrected chi connectivity index (χ3v) is 6.43. The van der Waals surface area contributed by atoms with Gasteiger partial charge in [0, 0.05) is 0 Å². The highest BCUT2D eigenvalue weighted by molar-refractivity contribution is 7.86. The lowest BCUT2D eigenvalue weighted by Gasteiger charge is -2.52. The quantitative estimate of drug-likeness (QED) is 0.781. The molecule has 0 amide bonds. The van der Waals surface area contributed by atoms with E-state index in [0.29, 0.717) is 0 Å². The molecule has 0 rings (SSSR count). The van der Waals surface area contributed by atoms with Crippen molar-refractivity contribution >= 4 is 10.1 Å². The molecule has 0 aliphatic rings. The van der Waals surface area contributed by atoms with Gasteiger partial charge in [0.25, 0.3) is 10.1 Å². The van der Waals surface area contributed by atoms with Gasteiger partial charge >= 0.3 is 0 Å². The minimum atomic E-state index is -4.00. The molecule has 0 heterocycles. The molecule has 1 atom stereocenters. The van der Waals surface area contributed by atoms with Crippen molar-refractivity contribution < 1.29 is 13.0 Å². The van der Waals surface area contributed by atoms with Gasteiger partial charge in [-0.25, -0.2) is 0 Å². The molecule has 0 aromatic rings. The van der Waals surface area contributed by atoms with Gasteiger partial charge in [-0.3, -0.25) is 4.55 Å². The topological polar surface area (TPSA) is 54.4 Å². The van der Waals surface area contributed by atoms with Crippen LogP contribution in [-0.4, -0.2) is 18.2 Å². The Kier molecular flexibility index (Phi) is 3.96. The highest BCUT2D eigenvalue weighted by atomic mass is 32.2. The molecule has 1 N–H and O–H groups in total. The molecule has 4 heteroatoms. The lowest BCUT2D eigenvalue weighted by atomic mass is 9.54. The van der Waals surface area contributed by atoms with Crippen LogP contribution in [0, 0.1) is 16.2 Å². The van der Waals surface area contributed by atoms with E-state index in [4.69, 9.17) is 0 Å². The molecule has 0 fully saturated rings. The first-order valence-electron chi connectivity index (χ1n) is 5.62. The van der Waals surface area contributed by atoms with Crippen LogP contribution in [0.25, 0.3) is 0 Å². The van der Waals surface area contributed by atoms with Gasteiger partial charge in [-0.05, 0) is 23.2 Å². The minimum Gasteiger partial charge on any atom is -0.285 e. The average Bonchev–Trinajstić information content (AvgIpc) is 1.98. The van der Waals surface area contributed by atoms with E-state index in [9.17, 15) is 13.0 Å². The molecule has 1 unspecified atom stereocenters. The highest BCUT2D eigenvalue weighted by Gasteiger charge is 2.51. The Bertz CT molecular complexity index is 345. The zero-order chi connectivity index (χ0) is 13.6. The summed E-state index contributed by atoms with van der Waals surface area (Å²) in [7, 11) is -4.00. The Balaban J connectivity index is 5.54. The fourth-order valence-corrected chi connectivity index (χ4v) is 2.89. The summed E-state index contributed by atoms with van der Waals surface area (Å²) in [6, 6.07) is 0. The van der Waals surface area contributed by atoms with E-state index in [1.165, 1.54) is 0 Å². The van der Waals surface area contributed by atoms with Crippen molar-refractivity contribution in [1.29, 1.82) is 0 Å². The summed E-state index contributed by atoms with van der Waals surface area (Å²) in [6.07, 6.45) is 0. The second kappa shape index (κ2) is 3.98. The van der Waals surface area contributed by atoms with E-state index in [0.717, 1.165) is 0 Å². The van der Waals surface area contributed by atoms with Crippen LogP contribution in [-0.2, 0) is 10.1 Å². The van der Waals surface area contributed by atoms with Gasteiger partial charge in [-0.2, -0.15) is 8.42 Å². The Morgan fingerprint density at radius 2 is 1.25 bits per heavy atom. The molecule has 0 aromatic carbocycles. The second-order valence-electron chi connectivity index (χ2n) is 6.75. The SMILES string of the molecule is CC(C(C)(C)C(C)(C)C(C)(C)C)S(=O)(=O)O. The molecular formula is C12H26O3S. The van der Waals surface area contributed by atoms with E-state index in [1.54, 1.807) is 6.92 Å². The fraction of sp³-hybridized carbons (Fsp3) is 1.00. The van der Waals surface area contributed by atoms with E-state index in [1.807, 2.05) is 13.8 Å². The summed E-state index contributed by atoms with van der Waals surface area (Å²) in [5.41, 5.74) is -0.788. The smallest absolute Gasteiger partial charge is 0.268 e. The van der Waals surface area contributed by atoms with E-state index >= 15 is 0 Å². The first kappa shape index (κ1) is 15.9. The van der Waals surface area contributed by atoms with Gasteiger partial charge < -0.3 is 0 Å². The van der Waals surface area contributed by atoms with Crippen molar-refractivity contribution in [2.45, 2.75) is 60.6 Å². The zero-order valence-corrected chi connectivity index (χ0v) is 12.6. The molecule has 0 saturated heterocycles. The number of hydrogen-bond acceptors (Lipinski definition) is 2. The number of rotatable bonds is 3. The summed E-state index contributed by atoms with van der Waals surface area (Å²) in [5, 5.41) is -0.783. The van der Waals surface area contributed by atoms with Crippen LogP contribution in [0.5, 0.6) is 0 Å². The maximum absolute atomic E-state index is 11.3. The Morgan fingerprint density at radius 1 is 0.938 bits per heavy atom. The largest absolute Gasteiger partial charge is 0.285 e. The molecule has 0 bridgehead atoms. The maximum Gasteiger partial charge on any atom is 0.268 e. The van der Waals surface area contributed by atoms with E-state index in [-0.39, 0.29) is 10.8 Å². The Morgan fingerprint density at radius 3 is 1.44 bits per heavy atom. The second-order valence-corrected chi connectivity index (χ2v) is 8.49. The van der Waals surface area contributed by atoms with Gasteiger partial charge in [0.2, 0.25) is 0 Å². The summed E-state index contributed by atoms with van der Waals surface area (Å²) in [5.74, 6) is 0. The van der Waals surface area contributed by atoms with Crippen LogP contribution in [0.1, 0.15) is 55.4 Å². The molecule has 0 aromatic heterocycles. The van der Waals surface area contributed by atoms with Crippen LogP contribution in [0.4, 0.5) is 0 Å². The third kappa shape index (κ3) is 2.59. The Hall–Kier alpha value is -0.0900. The van der Waals surface area contributed by atoms with Crippen molar-refractivity contribution in [3.05, 3.63) is 0 Å². The van der Waals surface area contributed by atoms with E-state index in [2.05, 4.69) is 34.6 Å². The lowest BCUT2D eigenvalue weighted by Crippen LogP contribution is -2.50. The first-order valence-corrected chi connectivity index (χ1v) is 7.12.